The summed E-state index contributed by atoms with van der Waals surface area (Å²) in [6.07, 6.45) is 2.82. The minimum absolute atomic E-state index is 0.0229. The zero-order valence-electron chi connectivity index (χ0n) is 10.1. The average molecular weight is 236 g/mol. The van der Waals surface area contributed by atoms with Gasteiger partial charge in [-0.3, -0.25) is 0 Å². The van der Waals surface area contributed by atoms with Gasteiger partial charge in [-0.25, -0.2) is 0 Å². The van der Waals surface area contributed by atoms with Crippen LogP contribution < -0.4 is 5.73 Å². The number of nitrogens with two attached hydrogens (primary N) is 1. The van der Waals surface area contributed by atoms with Gasteiger partial charge < -0.3 is 10.7 Å². The van der Waals surface area contributed by atoms with Crippen LogP contribution in [0.2, 0.25) is 0 Å². The van der Waals surface area contributed by atoms with Gasteiger partial charge in [-0.05, 0) is 29.0 Å². The predicted octanol–water partition coefficient (Wildman–Crippen LogP) is 3.41. The van der Waals surface area contributed by atoms with E-state index < -0.39 is 0 Å². The van der Waals surface area contributed by atoms with Gasteiger partial charge in [0.25, 0.3) is 0 Å². The van der Waals surface area contributed by atoms with Crippen LogP contribution in [0, 0.1) is 0 Å². The maximum Gasteiger partial charge on any atom is 0.0502 e. The standard InChI is InChI=1S/C16H16N2/c17-15(11-12-5-2-1-3-6-12)14-8-4-7-13-9-10-18-16(13)14/h1-10,15,18H,11,17H2. The Bertz CT molecular complexity index is 640. The van der Waals surface area contributed by atoms with Crippen LogP contribution in [0.15, 0.2) is 60.8 Å². The Morgan fingerprint density at radius 1 is 0.944 bits per heavy atom. The van der Waals surface area contributed by atoms with Crippen molar-refractivity contribution < 1.29 is 0 Å². The number of hydrogen-bond acceptors (Lipinski definition) is 1. The normalized spacial score (nSPS) is 12.7. The quantitative estimate of drug-likeness (QED) is 0.719. The molecule has 0 saturated heterocycles. The fourth-order valence-corrected chi connectivity index (χ4v) is 2.40. The summed E-state index contributed by atoms with van der Waals surface area (Å²) in [5.74, 6) is 0. The van der Waals surface area contributed by atoms with E-state index >= 15 is 0 Å². The van der Waals surface area contributed by atoms with Gasteiger partial charge in [0.15, 0.2) is 0 Å². The lowest BCUT2D eigenvalue weighted by atomic mass is 9.98. The van der Waals surface area contributed by atoms with Crippen molar-refractivity contribution in [2.24, 2.45) is 5.73 Å². The molecule has 2 nitrogen and oxygen atoms in total. The lowest BCUT2D eigenvalue weighted by Crippen LogP contribution is -2.13. The minimum Gasteiger partial charge on any atom is -0.361 e. The van der Waals surface area contributed by atoms with Crippen molar-refractivity contribution in [1.29, 1.82) is 0 Å². The second kappa shape index (κ2) is 4.67. The highest BCUT2D eigenvalue weighted by Gasteiger charge is 2.10. The monoisotopic (exact) mass is 236 g/mol. The fourth-order valence-electron chi connectivity index (χ4n) is 2.40. The van der Waals surface area contributed by atoms with Gasteiger partial charge in [0, 0.05) is 12.2 Å². The van der Waals surface area contributed by atoms with Crippen molar-refractivity contribution in [1.82, 2.24) is 4.98 Å². The highest BCUT2D eigenvalue weighted by molar-refractivity contribution is 5.82. The SMILES string of the molecule is NC(Cc1ccccc1)c1cccc2cc[nH]c12. The maximum absolute atomic E-state index is 6.33. The first kappa shape index (κ1) is 11.1. The third-order valence-corrected chi connectivity index (χ3v) is 3.32. The van der Waals surface area contributed by atoms with Crippen LogP contribution >= 0.6 is 0 Å². The number of para-hydroxylation sites is 1. The van der Waals surface area contributed by atoms with E-state index in [1.807, 2.05) is 12.3 Å². The smallest absolute Gasteiger partial charge is 0.0502 e. The molecule has 3 rings (SSSR count). The van der Waals surface area contributed by atoms with E-state index in [0.29, 0.717) is 0 Å². The molecule has 0 aliphatic rings. The van der Waals surface area contributed by atoms with Gasteiger partial charge >= 0.3 is 0 Å². The Hall–Kier alpha value is -2.06. The highest BCUT2D eigenvalue weighted by Crippen LogP contribution is 2.24. The van der Waals surface area contributed by atoms with Gasteiger partial charge in [0.2, 0.25) is 0 Å². The summed E-state index contributed by atoms with van der Waals surface area (Å²) in [5.41, 5.74) is 9.94. The molecular formula is C16H16N2. The Balaban J connectivity index is 1.92. The number of nitrogens with one attached hydrogen (secondary N) is 1. The molecule has 1 aromatic heterocycles. The zero-order chi connectivity index (χ0) is 12.4. The van der Waals surface area contributed by atoms with Crippen LogP contribution in [0.25, 0.3) is 10.9 Å². The Kier molecular flexibility index (Phi) is 2.87. The van der Waals surface area contributed by atoms with Crippen molar-refractivity contribution in [3.8, 4) is 0 Å². The summed E-state index contributed by atoms with van der Waals surface area (Å²) in [4.78, 5) is 3.27. The molecule has 0 radical (unpaired) electrons. The molecule has 0 spiro atoms. The summed E-state index contributed by atoms with van der Waals surface area (Å²) in [6.45, 7) is 0. The largest absolute Gasteiger partial charge is 0.361 e. The lowest BCUT2D eigenvalue weighted by Gasteiger charge is -2.13. The molecule has 0 fully saturated rings. The van der Waals surface area contributed by atoms with Crippen LogP contribution in [0.4, 0.5) is 0 Å². The van der Waals surface area contributed by atoms with E-state index in [1.54, 1.807) is 0 Å². The first-order valence-electron chi connectivity index (χ1n) is 6.20. The van der Waals surface area contributed by atoms with Gasteiger partial charge in [0.05, 0.1) is 5.52 Å². The molecular weight excluding hydrogens is 220 g/mol. The number of hydrogen-bond donors (Lipinski definition) is 2. The van der Waals surface area contributed by atoms with Gasteiger partial charge in [-0.2, -0.15) is 0 Å². The molecule has 90 valence electrons. The molecule has 1 unspecified atom stereocenters. The fraction of sp³-hybridized carbons (Fsp3) is 0.125. The van der Waals surface area contributed by atoms with E-state index in [9.17, 15) is 0 Å². The molecule has 18 heavy (non-hydrogen) atoms. The van der Waals surface area contributed by atoms with E-state index in [4.69, 9.17) is 5.73 Å². The summed E-state index contributed by atoms with van der Waals surface area (Å²) < 4.78 is 0. The highest BCUT2D eigenvalue weighted by atomic mass is 14.7. The summed E-state index contributed by atoms with van der Waals surface area (Å²) in [5, 5.41) is 1.22. The molecule has 2 aromatic carbocycles. The van der Waals surface area contributed by atoms with Crippen molar-refractivity contribution in [2.45, 2.75) is 12.5 Å². The van der Waals surface area contributed by atoms with Crippen LogP contribution in [0.5, 0.6) is 0 Å². The lowest BCUT2D eigenvalue weighted by molar-refractivity contribution is 0.727. The molecule has 0 aliphatic heterocycles. The molecule has 3 N–H and O–H groups in total. The van der Waals surface area contributed by atoms with E-state index in [1.165, 1.54) is 16.5 Å². The molecule has 0 aliphatic carbocycles. The number of benzene rings is 2. The van der Waals surface area contributed by atoms with E-state index in [2.05, 4.69) is 53.5 Å². The summed E-state index contributed by atoms with van der Waals surface area (Å²) in [7, 11) is 0. The summed E-state index contributed by atoms with van der Waals surface area (Å²) in [6, 6.07) is 18.7. The van der Waals surface area contributed by atoms with E-state index in [0.717, 1.165) is 11.9 Å². The molecule has 1 atom stereocenters. The molecule has 3 aromatic rings. The Morgan fingerprint density at radius 2 is 1.78 bits per heavy atom. The molecule has 2 heteroatoms. The minimum atomic E-state index is 0.0229. The number of H-pyrrole nitrogens is 1. The third kappa shape index (κ3) is 2.03. The predicted molar refractivity (Wildman–Crippen MR) is 75.4 cm³/mol. The maximum atomic E-state index is 6.33. The Labute approximate surface area is 106 Å². The number of aromatic nitrogens is 1. The van der Waals surface area contributed by atoms with Crippen molar-refractivity contribution in [3.05, 3.63) is 71.9 Å². The van der Waals surface area contributed by atoms with Crippen molar-refractivity contribution >= 4 is 10.9 Å². The molecule has 0 saturated carbocycles. The van der Waals surface area contributed by atoms with Crippen LogP contribution in [0.3, 0.4) is 0 Å². The topological polar surface area (TPSA) is 41.8 Å². The van der Waals surface area contributed by atoms with Gasteiger partial charge in [-0.1, -0.05) is 48.5 Å². The van der Waals surface area contributed by atoms with Crippen LogP contribution in [-0.4, -0.2) is 4.98 Å². The zero-order valence-corrected chi connectivity index (χ0v) is 10.1. The molecule has 0 bridgehead atoms. The van der Waals surface area contributed by atoms with Crippen molar-refractivity contribution in [2.75, 3.05) is 0 Å². The van der Waals surface area contributed by atoms with Gasteiger partial charge in [-0.15, -0.1) is 0 Å². The first-order chi connectivity index (χ1) is 8.84. The van der Waals surface area contributed by atoms with Crippen LogP contribution in [-0.2, 0) is 6.42 Å². The first-order valence-corrected chi connectivity index (χ1v) is 6.20. The van der Waals surface area contributed by atoms with E-state index in [-0.39, 0.29) is 6.04 Å². The van der Waals surface area contributed by atoms with Crippen LogP contribution in [0.1, 0.15) is 17.2 Å². The third-order valence-electron chi connectivity index (χ3n) is 3.32. The van der Waals surface area contributed by atoms with Gasteiger partial charge in [0.1, 0.15) is 0 Å². The van der Waals surface area contributed by atoms with Crippen molar-refractivity contribution in [3.63, 3.8) is 0 Å². The summed E-state index contributed by atoms with van der Waals surface area (Å²) >= 11 is 0. The molecule has 0 amide bonds. The Morgan fingerprint density at radius 3 is 2.61 bits per heavy atom. The second-order valence-corrected chi connectivity index (χ2v) is 4.59. The average Bonchev–Trinajstić information content (AvgIpc) is 2.87. The number of aromatic amines is 1. The second-order valence-electron chi connectivity index (χ2n) is 4.59. The number of rotatable bonds is 3. The number of fused-ring (bicyclic) bond motifs is 1. The molecule has 1 heterocycles.